The Hall–Kier alpha value is -1.87. The summed E-state index contributed by atoms with van der Waals surface area (Å²) in [5, 5.41) is 0. The van der Waals surface area contributed by atoms with Crippen LogP contribution in [-0.4, -0.2) is 68.4 Å². The minimum absolute atomic E-state index is 0.0135. The van der Waals surface area contributed by atoms with Gasteiger partial charge in [0.15, 0.2) is 16.4 Å². The fourth-order valence-electron chi connectivity index (χ4n) is 3.67. The molecule has 9 heteroatoms. The molecule has 1 amide bonds. The molecule has 0 saturated carbocycles. The lowest BCUT2D eigenvalue weighted by Gasteiger charge is -2.23. The Bertz CT molecular complexity index is 842. The van der Waals surface area contributed by atoms with Crippen molar-refractivity contribution in [1.82, 2.24) is 9.80 Å². The molecule has 0 unspecified atom stereocenters. The van der Waals surface area contributed by atoms with E-state index in [0.29, 0.717) is 18.7 Å². The molecule has 1 aromatic heterocycles. The maximum atomic E-state index is 12.3. The number of nitrogens with zero attached hydrogens (tertiary/aromatic N) is 2. The van der Waals surface area contributed by atoms with Crippen LogP contribution in [0.3, 0.4) is 0 Å². The average Bonchev–Trinajstić information content (AvgIpc) is 2.85. The fraction of sp³-hybridized carbons (Fsp3) is 0.684. The summed E-state index contributed by atoms with van der Waals surface area (Å²) in [7, 11) is -1.51. The molecule has 2 aliphatic heterocycles. The monoisotopic (exact) mass is 412 g/mol. The Morgan fingerprint density at radius 3 is 2.61 bits per heavy atom. The number of amides is 1. The van der Waals surface area contributed by atoms with Crippen LogP contribution >= 0.6 is 0 Å². The first kappa shape index (κ1) is 20.9. The van der Waals surface area contributed by atoms with Gasteiger partial charge in [0, 0.05) is 19.2 Å². The van der Waals surface area contributed by atoms with Gasteiger partial charge in [-0.05, 0) is 32.4 Å². The molecule has 156 valence electrons. The van der Waals surface area contributed by atoms with Crippen molar-refractivity contribution in [2.45, 2.75) is 44.7 Å². The molecule has 8 nitrogen and oxygen atoms in total. The van der Waals surface area contributed by atoms with Crippen LogP contribution in [0.2, 0.25) is 0 Å². The highest BCUT2D eigenvalue weighted by Gasteiger charge is 2.32. The van der Waals surface area contributed by atoms with Crippen molar-refractivity contribution in [2.75, 3.05) is 38.2 Å². The minimum atomic E-state index is -3.07. The Morgan fingerprint density at radius 1 is 1.29 bits per heavy atom. The Balaban J connectivity index is 1.53. The van der Waals surface area contributed by atoms with Gasteiger partial charge in [0.25, 0.3) is 5.91 Å². The van der Waals surface area contributed by atoms with Gasteiger partial charge in [-0.25, -0.2) is 8.42 Å². The minimum Gasteiger partial charge on any atom is -0.477 e. The van der Waals surface area contributed by atoms with Gasteiger partial charge >= 0.3 is 0 Å². The molecule has 28 heavy (non-hydrogen) atoms. The second-order valence-corrected chi connectivity index (χ2v) is 9.84. The largest absolute Gasteiger partial charge is 0.477 e. The third-order valence-corrected chi connectivity index (χ3v) is 7.18. The van der Waals surface area contributed by atoms with E-state index < -0.39 is 9.84 Å². The number of ether oxygens (including phenoxy) is 1. The summed E-state index contributed by atoms with van der Waals surface area (Å²) in [6, 6.07) is 1.08. The molecule has 3 rings (SSSR count). The number of carbonyl (C=O) groups excluding carboxylic acids is 1. The molecule has 1 atom stereocenters. The molecule has 0 bridgehead atoms. The second-order valence-electron chi connectivity index (χ2n) is 7.62. The second kappa shape index (κ2) is 9.09. The number of sulfone groups is 1. The topological polar surface area (TPSA) is 97.1 Å². The highest BCUT2D eigenvalue weighted by molar-refractivity contribution is 7.91. The number of likely N-dealkylation sites (N-methyl/N-ethyl adjacent to an activating group) is 1. The molecule has 0 aliphatic carbocycles. The first-order chi connectivity index (χ1) is 13.3. The molecular formula is C19H28N2O6S. The van der Waals surface area contributed by atoms with Crippen molar-refractivity contribution in [1.29, 1.82) is 0 Å². The summed E-state index contributed by atoms with van der Waals surface area (Å²) in [6.07, 6.45) is 6.47. The van der Waals surface area contributed by atoms with Crippen molar-refractivity contribution in [3.8, 4) is 5.75 Å². The Kier molecular flexibility index (Phi) is 6.77. The van der Waals surface area contributed by atoms with Crippen LogP contribution in [0.25, 0.3) is 0 Å². The van der Waals surface area contributed by atoms with Gasteiger partial charge < -0.3 is 14.1 Å². The molecular weight excluding hydrogens is 384 g/mol. The van der Waals surface area contributed by atoms with Gasteiger partial charge in [0.2, 0.25) is 11.2 Å². The standard InChI is InChI=1S/C19H28N2O6S/c1-20(15-6-9-28(24,25)14-15)19(23)13-27-18-12-26-16(10-17(18)22)11-21-7-4-2-3-5-8-21/h10,12,15H,2-9,11,13-14H2,1H3/t15-/m0/s1. The van der Waals surface area contributed by atoms with Crippen LogP contribution in [0.4, 0.5) is 0 Å². The number of carbonyl (C=O) groups is 1. The zero-order valence-corrected chi connectivity index (χ0v) is 17.1. The first-order valence-electron chi connectivity index (χ1n) is 9.77. The third kappa shape index (κ3) is 5.57. The van der Waals surface area contributed by atoms with E-state index in [4.69, 9.17) is 9.15 Å². The van der Waals surface area contributed by atoms with E-state index in [-0.39, 0.29) is 41.2 Å². The fourth-order valence-corrected chi connectivity index (χ4v) is 5.44. The van der Waals surface area contributed by atoms with Crippen LogP contribution in [0.1, 0.15) is 37.9 Å². The lowest BCUT2D eigenvalue weighted by Crippen LogP contribution is -2.40. The van der Waals surface area contributed by atoms with Gasteiger partial charge in [-0.15, -0.1) is 0 Å². The normalized spacial score (nSPS) is 22.5. The van der Waals surface area contributed by atoms with Crippen molar-refractivity contribution in [3.63, 3.8) is 0 Å². The lowest BCUT2D eigenvalue weighted by atomic mass is 10.2. The van der Waals surface area contributed by atoms with E-state index in [1.165, 1.54) is 30.1 Å². The molecule has 0 N–H and O–H groups in total. The van der Waals surface area contributed by atoms with Gasteiger partial charge in [-0.3, -0.25) is 14.5 Å². The molecule has 0 aromatic carbocycles. The smallest absolute Gasteiger partial charge is 0.260 e. The first-order valence-corrected chi connectivity index (χ1v) is 11.6. The predicted octanol–water partition coefficient (Wildman–Crippen LogP) is 1.04. The zero-order valence-electron chi connectivity index (χ0n) is 16.3. The molecule has 3 heterocycles. The van der Waals surface area contributed by atoms with Gasteiger partial charge in [-0.2, -0.15) is 0 Å². The van der Waals surface area contributed by atoms with Crippen molar-refractivity contribution in [2.24, 2.45) is 0 Å². The molecule has 0 spiro atoms. The summed E-state index contributed by atoms with van der Waals surface area (Å²) < 4.78 is 34.0. The van der Waals surface area contributed by atoms with Crippen LogP contribution in [-0.2, 0) is 21.2 Å². The number of hydrogen-bond acceptors (Lipinski definition) is 7. The molecule has 1 aromatic rings. The van der Waals surface area contributed by atoms with Crippen molar-refractivity contribution < 1.29 is 22.4 Å². The zero-order chi connectivity index (χ0) is 20.1. The molecule has 2 fully saturated rings. The van der Waals surface area contributed by atoms with Crippen molar-refractivity contribution >= 4 is 15.7 Å². The number of likely N-dealkylation sites (tertiary alicyclic amines) is 1. The Morgan fingerprint density at radius 2 is 2.00 bits per heavy atom. The average molecular weight is 413 g/mol. The SMILES string of the molecule is CN(C(=O)COc1coc(CN2CCCCCC2)cc1=O)[C@H]1CCS(=O)(=O)C1. The molecule has 2 aliphatic rings. The number of hydrogen-bond donors (Lipinski definition) is 0. The van der Waals surface area contributed by atoms with Crippen LogP contribution in [0, 0.1) is 0 Å². The summed E-state index contributed by atoms with van der Waals surface area (Å²) >= 11 is 0. The number of rotatable bonds is 6. The van der Waals surface area contributed by atoms with E-state index in [1.54, 1.807) is 7.05 Å². The van der Waals surface area contributed by atoms with Crippen LogP contribution < -0.4 is 10.2 Å². The van der Waals surface area contributed by atoms with Gasteiger partial charge in [-0.1, -0.05) is 12.8 Å². The summed E-state index contributed by atoms with van der Waals surface area (Å²) in [6.45, 7) is 2.26. The Labute approximate surface area is 165 Å². The maximum Gasteiger partial charge on any atom is 0.260 e. The summed E-state index contributed by atoms with van der Waals surface area (Å²) in [4.78, 5) is 28.2. The van der Waals surface area contributed by atoms with Crippen LogP contribution in [0.5, 0.6) is 5.75 Å². The lowest BCUT2D eigenvalue weighted by molar-refractivity contribution is -0.133. The quantitative estimate of drug-likeness (QED) is 0.689. The van der Waals surface area contributed by atoms with E-state index in [0.717, 1.165) is 25.9 Å². The predicted molar refractivity (Wildman–Crippen MR) is 104 cm³/mol. The highest BCUT2D eigenvalue weighted by atomic mass is 32.2. The van der Waals surface area contributed by atoms with Gasteiger partial charge in [0.1, 0.15) is 12.0 Å². The van der Waals surface area contributed by atoms with E-state index in [1.807, 2.05) is 0 Å². The summed E-state index contributed by atoms with van der Waals surface area (Å²) in [5.41, 5.74) is -0.324. The summed E-state index contributed by atoms with van der Waals surface area (Å²) in [5.74, 6) is 0.273. The molecule has 0 radical (unpaired) electrons. The highest BCUT2D eigenvalue weighted by Crippen LogP contribution is 2.17. The third-order valence-electron chi connectivity index (χ3n) is 5.43. The molecule has 2 saturated heterocycles. The van der Waals surface area contributed by atoms with Crippen LogP contribution in [0.15, 0.2) is 21.5 Å². The van der Waals surface area contributed by atoms with E-state index in [2.05, 4.69) is 4.90 Å². The van der Waals surface area contributed by atoms with Crippen molar-refractivity contribution in [3.05, 3.63) is 28.3 Å². The van der Waals surface area contributed by atoms with E-state index in [9.17, 15) is 18.0 Å². The van der Waals surface area contributed by atoms with Gasteiger partial charge in [0.05, 0.1) is 18.1 Å². The van der Waals surface area contributed by atoms with E-state index >= 15 is 0 Å². The maximum absolute atomic E-state index is 12.3.